The van der Waals surface area contributed by atoms with Crippen molar-refractivity contribution in [2.24, 2.45) is 4.99 Å². The lowest BCUT2D eigenvalue weighted by molar-refractivity contribution is -0.139. The first-order valence-corrected chi connectivity index (χ1v) is 13.6. The summed E-state index contributed by atoms with van der Waals surface area (Å²) in [7, 11) is 0. The van der Waals surface area contributed by atoms with Crippen LogP contribution in [0.25, 0.3) is 0 Å². The molecule has 2 aliphatic heterocycles. The van der Waals surface area contributed by atoms with E-state index in [1.54, 1.807) is 0 Å². The van der Waals surface area contributed by atoms with Gasteiger partial charge < -0.3 is 19.5 Å². The second-order valence-corrected chi connectivity index (χ2v) is 10.4. The summed E-state index contributed by atoms with van der Waals surface area (Å²) in [5, 5.41) is 8.99. The van der Waals surface area contributed by atoms with E-state index in [1.165, 1.54) is 0 Å². The number of aliphatic hydroxyl groups excluding tert-OH is 1. The number of rotatable bonds is 9. The quantitative estimate of drug-likeness (QED) is 0.351. The number of benzene rings is 3. The van der Waals surface area contributed by atoms with Crippen molar-refractivity contribution in [1.29, 1.82) is 0 Å². The standard InChI is InChI=1S/C30H31BrN2O4/c1-2-16-33-20-23-6-3-4-7-26(23)27-30(29(33)35,19-21-8-12-24(31)13-9-21)32-28(37-27)22-10-14-25(15-11-22)36-18-5-17-34/h3-4,6-15,27,34H,2,5,16-20H2,1H3/t27-,30-/m1/s1. The molecule has 0 saturated carbocycles. The molecular weight excluding hydrogens is 532 g/mol. The van der Waals surface area contributed by atoms with Gasteiger partial charge in [-0.05, 0) is 53.9 Å². The molecule has 1 N–H and O–H groups in total. The van der Waals surface area contributed by atoms with E-state index < -0.39 is 11.6 Å². The first-order chi connectivity index (χ1) is 18.0. The highest BCUT2D eigenvalue weighted by Gasteiger charge is 2.56. The largest absolute Gasteiger partial charge is 0.494 e. The Bertz CT molecular complexity index is 1280. The molecule has 2 aliphatic rings. The molecule has 0 fully saturated rings. The van der Waals surface area contributed by atoms with Crippen LogP contribution in [-0.4, -0.2) is 47.1 Å². The van der Waals surface area contributed by atoms with E-state index in [1.807, 2.05) is 65.6 Å². The lowest BCUT2D eigenvalue weighted by atomic mass is 9.81. The molecular formula is C30H31BrN2O4. The van der Waals surface area contributed by atoms with Crippen LogP contribution in [-0.2, 0) is 22.5 Å². The van der Waals surface area contributed by atoms with Gasteiger partial charge in [0.05, 0.1) is 6.61 Å². The minimum Gasteiger partial charge on any atom is -0.494 e. The monoisotopic (exact) mass is 562 g/mol. The summed E-state index contributed by atoms with van der Waals surface area (Å²) in [5.41, 5.74) is 2.82. The maximum absolute atomic E-state index is 14.3. The number of aliphatic imine (C=N–C) groups is 1. The van der Waals surface area contributed by atoms with Gasteiger partial charge in [0.15, 0.2) is 11.6 Å². The van der Waals surface area contributed by atoms with Crippen LogP contribution in [0, 0.1) is 0 Å². The summed E-state index contributed by atoms with van der Waals surface area (Å²) in [6.07, 6.45) is 1.34. The van der Waals surface area contributed by atoms with Crippen molar-refractivity contribution < 1.29 is 19.4 Å². The fraction of sp³-hybridized carbons (Fsp3) is 0.333. The molecule has 5 rings (SSSR count). The Hall–Kier alpha value is -3.16. The van der Waals surface area contributed by atoms with Gasteiger partial charge in [-0.15, -0.1) is 0 Å². The van der Waals surface area contributed by atoms with Gasteiger partial charge >= 0.3 is 0 Å². The van der Waals surface area contributed by atoms with Crippen molar-refractivity contribution in [3.05, 3.63) is 99.5 Å². The molecule has 2 heterocycles. The Morgan fingerprint density at radius 2 is 1.86 bits per heavy atom. The number of halogens is 1. The molecule has 0 saturated heterocycles. The topological polar surface area (TPSA) is 71.4 Å². The van der Waals surface area contributed by atoms with Crippen LogP contribution in [0.1, 0.15) is 48.1 Å². The summed E-state index contributed by atoms with van der Waals surface area (Å²) >= 11 is 3.52. The summed E-state index contributed by atoms with van der Waals surface area (Å²) in [6, 6.07) is 23.8. The molecule has 0 unspecified atom stereocenters. The molecule has 37 heavy (non-hydrogen) atoms. The molecule has 6 nitrogen and oxygen atoms in total. The van der Waals surface area contributed by atoms with Crippen LogP contribution in [0.4, 0.5) is 0 Å². The lowest BCUT2D eigenvalue weighted by Crippen LogP contribution is -2.50. The van der Waals surface area contributed by atoms with Gasteiger partial charge in [0.1, 0.15) is 5.75 Å². The molecule has 0 aliphatic carbocycles. The normalized spacial score (nSPS) is 20.5. The zero-order valence-corrected chi connectivity index (χ0v) is 22.5. The second-order valence-electron chi connectivity index (χ2n) is 9.52. The number of carbonyl (C=O) groups excluding carboxylic acids is 1. The molecule has 3 aromatic carbocycles. The van der Waals surface area contributed by atoms with E-state index in [4.69, 9.17) is 19.6 Å². The summed E-state index contributed by atoms with van der Waals surface area (Å²) in [5.74, 6) is 1.17. The smallest absolute Gasteiger partial charge is 0.255 e. The fourth-order valence-corrected chi connectivity index (χ4v) is 5.36. The summed E-state index contributed by atoms with van der Waals surface area (Å²) in [4.78, 5) is 21.4. The molecule has 192 valence electrons. The molecule has 1 amide bonds. The van der Waals surface area contributed by atoms with Crippen LogP contribution in [0.3, 0.4) is 0 Å². The number of hydrogen-bond acceptors (Lipinski definition) is 5. The average molecular weight is 563 g/mol. The number of hydrogen-bond donors (Lipinski definition) is 1. The minimum absolute atomic E-state index is 0.00238. The summed E-state index contributed by atoms with van der Waals surface area (Å²) < 4.78 is 13.3. The van der Waals surface area contributed by atoms with Crippen LogP contribution >= 0.6 is 15.9 Å². The van der Waals surface area contributed by atoms with E-state index in [-0.39, 0.29) is 12.5 Å². The maximum atomic E-state index is 14.3. The van der Waals surface area contributed by atoms with Crippen LogP contribution in [0.2, 0.25) is 0 Å². The number of fused-ring (bicyclic) bond motifs is 3. The van der Waals surface area contributed by atoms with Crippen molar-refractivity contribution in [3.8, 4) is 5.75 Å². The maximum Gasteiger partial charge on any atom is 0.255 e. The predicted molar refractivity (Wildman–Crippen MR) is 147 cm³/mol. The van der Waals surface area contributed by atoms with E-state index in [9.17, 15) is 4.79 Å². The Balaban J connectivity index is 1.58. The van der Waals surface area contributed by atoms with Crippen molar-refractivity contribution in [2.75, 3.05) is 19.8 Å². The summed E-state index contributed by atoms with van der Waals surface area (Å²) in [6.45, 7) is 3.84. The number of amides is 1. The number of nitrogens with zero attached hydrogens (tertiary/aromatic N) is 2. The number of carbonyl (C=O) groups is 1. The highest BCUT2D eigenvalue weighted by Crippen LogP contribution is 2.46. The van der Waals surface area contributed by atoms with Crippen molar-refractivity contribution in [3.63, 3.8) is 0 Å². The predicted octanol–water partition coefficient (Wildman–Crippen LogP) is 5.46. The van der Waals surface area contributed by atoms with E-state index in [0.29, 0.717) is 44.2 Å². The number of aliphatic hydroxyl groups is 1. The van der Waals surface area contributed by atoms with Crippen molar-refractivity contribution in [1.82, 2.24) is 4.90 Å². The highest BCUT2D eigenvalue weighted by atomic mass is 79.9. The van der Waals surface area contributed by atoms with Crippen LogP contribution in [0.5, 0.6) is 5.75 Å². The second kappa shape index (κ2) is 11.1. The van der Waals surface area contributed by atoms with Gasteiger partial charge in [-0.1, -0.05) is 59.3 Å². The van der Waals surface area contributed by atoms with Gasteiger partial charge in [0.25, 0.3) is 5.91 Å². The molecule has 7 heteroatoms. The lowest BCUT2D eigenvalue weighted by Gasteiger charge is -2.32. The minimum atomic E-state index is -1.11. The van der Waals surface area contributed by atoms with E-state index in [0.717, 1.165) is 33.1 Å². The van der Waals surface area contributed by atoms with Gasteiger partial charge in [-0.2, -0.15) is 0 Å². The first kappa shape index (κ1) is 25.5. The molecule has 2 atom stereocenters. The molecule has 3 aromatic rings. The third-order valence-electron chi connectivity index (χ3n) is 6.87. The SMILES string of the molecule is CCCN1Cc2ccccc2[C@H]2OC(c3ccc(OCCCO)cc3)=N[C@@]2(Cc2ccc(Br)cc2)C1=O. The third-order valence-corrected chi connectivity index (χ3v) is 7.40. The third kappa shape index (κ3) is 5.15. The Kier molecular flexibility index (Phi) is 7.63. The van der Waals surface area contributed by atoms with Gasteiger partial charge in [-0.3, -0.25) is 4.79 Å². The highest BCUT2D eigenvalue weighted by molar-refractivity contribution is 9.10. The van der Waals surface area contributed by atoms with Crippen molar-refractivity contribution >= 4 is 27.7 Å². The average Bonchev–Trinajstić information content (AvgIpc) is 3.26. The molecule has 0 bridgehead atoms. The van der Waals surface area contributed by atoms with Crippen LogP contribution < -0.4 is 4.74 Å². The molecule has 0 spiro atoms. The first-order valence-electron chi connectivity index (χ1n) is 12.8. The molecule has 0 aromatic heterocycles. The zero-order valence-electron chi connectivity index (χ0n) is 20.9. The van der Waals surface area contributed by atoms with Gasteiger partial charge in [0.2, 0.25) is 5.90 Å². The van der Waals surface area contributed by atoms with Gasteiger partial charge in [0, 0.05) is 48.1 Å². The van der Waals surface area contributed by atoms with Crippen LogP contribution in [0.15, 0.2) is 82.3 Å². The van der Waals surface area contributed by atoms with E-state index >= 15 is 0 Å². The number of ether oxygens (including phenoxy) is 2. The fourth-order valence-electron chi connectivity index (χ4n) is 5.09. The Morgan fingerprint density at radius 3 is 2.59 bits per heavy atom. The zero-order chi connectivity index (χ0) is 25.8. The molecule has 0 radical (unpaired) electrons. The van der Waals surface area contributed by atoms with E-state index in [2.05, 4.69) is 35.0 Å². The van der Waals surface area contributed by atoms with Gasteiger partial charge in [-0.25, -0.2) is 4.99 Å². The Labute approximate surface area is 226 Å². The van der Waals surface area contributed by atoms with Crippen molar-refractivity contribution in [2.45, 2.75) is 44.4 Å². The Morgan fingerprint density at radius 1 is 1.11 bits per heavy atom.